The van der Waals surface area contributed by atoms with Crippen LogP contribution in [0.25, 0.3) is 10.9 Å². The number of aryl methyl sites for hydroxylation is 1. The van der Waals surface area contributed by atoms with Gasteiger partial charge in [0.25, 0.3) is 0 Å². The smallest absolute Gasteiger partial charge is 0.191 e. The lowest BCUT2D eigenvalue weighted by atomic mass is 10.2. The maximum atomic E-state index is 4.69. The Labute approximate surface area is 170 Å². The fraction of sp³-hybridized carbons (Fsp3) is 0.450. The first-order chi connectivity index (χ1) is 13.7. The number of thioether (sulfide) groups is 1. The summed E-state index contributed by atoms with van der Waals surface area (Å²) in [6.45, 7) is 4.15. The summed E-state index contributed by atoms with van der Waals surface area (Å²) in [5.41, 5.74) is 2.40. The standard InChI is InChI=1S/C20H29N7S/c1-15-25-26-19(27(15)2)14-23-20(21-10-6-12-28-3)22-11-9-17-13-16-7-4-5-8-18(16)24-17/h4-5,7-8,13,24H,6,9-12,14H2,1-3H3,(H2,21,22,23). The van der Waals surface area contributed by atoms with Gasteiger partial charge in [0.05, 0.1) is 0 Å². The monoisotopic (exact) mass is 399 g/mol. The average Bonchev–Trinajstić information content (AvgIpc) is 3.26. The minimum Gasteiger partial charge on any atom is -0.358 e. The quantitative estimate of drug-likeness (QED) is 0.293. The lowest BCUT2D eigenvalue weighted by Crippen LogP contribution is -2.39. The molecule has 0 spiro atoms. The van der Waals surface area contributed by atoms with Gasteiger partial charge in [-0.1, -0.05) is 18.2 Å². The largest absolute Gasteiger partial charge is 0.358 e. The number of hydrogen-bond donors (Lipinski definition) is 3. The van der Waals surface area contributed by atoms with Crippen LogP contribution in [0.3, 0.4) is 0 Å². The molecule has 0 amide bonds. The normalized spacial score (nSPS) is 11.9. The summed E-state index contributed by atoms with van der Waals surface area (Å²) in [5, 5.41) is 16.4. The first-order valence-corrected chi connectivity index (χ1v) is 11.0. The molecule has 0 saturated heterocycles. The number of H-pyrrole nitrogens is 1. The highest BCUT2D eigenvalue weighted by molar-refractivity contribution is 7.98. The molecule has 3 rings (SSSR count). The lowest BCUT2D eigenvalue weighted by molar-refractivity contribution is 0.740. The molecule has 3 N–H and O–H groups in total. The highest BCUT2D eigenvalue weighted by Gasteiger charge is 2.06. The van der Waals surface area contributed by atoms with Gasteiger partial charge in [0.1, 0.15) is 12.4 Å². The van der Waals surface area contributed by atoms with E-state index in [1.54, 1.807) is 0 Å². The molecule has 0 unspecified atom stereocenters. The van der Waals surface area contributed by atoms with Crippen molar-refractivity contribution >= 4 is 28.6 Å². The SMILES string of the molecule is CSCCCNC(=NCc1nnc(C)n1C)NCCc1cc2ccccc2[nH]1. The van der Waals surface area contributed by atoms with Crippen LogP contribution < -0.4 is 10.6 Å². The van der Waals surface area contributed by atoms with E-state index in [9.17, 15) is 0 Å². The van der Waals surface area contributed by atoms with Gasteiger partial charge in [0, 0.05) is 37.8 Å². The van der Waals surface area contributed by atoms with E-state index in [-0.39, 0.29) is 0 Å². The molecule has 0 bridgehead atoms. The Kier molecular flexibility index (Phi) is 7.36. The van der Waals surface area contributed by atoms with Crippen LogP contribution in [0.2, 0.25) is 0 Å². The van der Waals surface area contributed by atoms with E-state index in [0.29, 0.717) is 6.54 Å². The maximum absolute atomic E-state index is 4.69. The molecule has 3 aromatic rings. The minimum absolute atomic E-state index is 0.502. The summed E-state index contributed by atoms with van der Waals surface area (Å²) in [5.74, 6) is 3.71. The molecule has 0 atom stereocenters. The average molecular weight is 400 g/mol. The highest BCUT2D eigenvalue weighted by atomic mass is 32.2. The summed E-state index contributed by atoms with van der Waals surface area (Å²) in [6.07, 6.45) is 4.14. The van der Waals surface area contributed by atoms with Crippen LogP contribution in [0.4, 0.5) is 0 Å². The Morgan fingerprint density at radius 3 is 2.79 bits per heavy atom. The first-order valence-electron chi connectivity index (χ1n) is 9.60. The van der Waals surface area contributed by atoms with Gasteiger partial charge < -0.3 is 20.2 Å². The van der Waals surface area contributed by atoms with E-state index >= 15 is 0 Å². The van der Waals surface area contributed by atoms with Crippen LogP contribution in [0.5, 0.6) is 0 Å². The second-order valence-corrected chi connectivity index (χ2v) is 7.70. The zero-order valence-corrected chi connectivity index (χ0v) is 17.6. The molecular formula is C20H29N7S. The molecule has 2 heterocycles. The molecule has 150 valence electrons. The fourth-order valence-electron chi connectivity index (χ4n) is 2.92. The number of aliphatic imine (C=N–C) groups is 1. The van der Waals surface area contributed by atoms with Gasteiger partial charge in [0.2, 0.25) is 0 Å². The third-order valence-electron chi connectivity index (χ3n) is 4.65. The van der Waals surface area contributed by atoms with Crippen molar-refractivity contribution in [3.05, 3.63) is 47.7 Å². The van der Waals surface area contributed by atoms with E-state index in [0.717, 1.165) is 49.3 Å². The number of rotatable bonds is 9. The van der Waals surface area contributed by atoms with Gasteiger partial charge in [-0.3, -0.25) is 0 Å². The van der Waals surface area contributed by atoms with E-state index in [2.05, 4.69) is 62.4 Å². The molecule has 0 saturated carbocycles. The summed E-state index contributed by atoms with van der Waals surface area (Å²) in [7, 11) is 1.97. The van der Waals surface area contributed by atoms with Gasteiger partial charge in [-0.25, -0.2) is 4.99 Å². The lowest BCUT2D eigenvalue weighted by Gasteiger charge is -2.12. The third-order valence-corrected chi connectivity index (χ3v) is 5.35. The number of aromatic amines is 1. The predicted molar refractivity (Wildman–Crippen MR) is 118 cm³/mol. The van der Waals surface area contributed by atoms with Crippen LogP contribution in [0.15, 0.2) is 35.3 Å². The Morgan fingerprint density at radius 2 is 2.04 bits per heavy atom. The summed E-state index contributed by atoms with van der Waals surface area (Å²) in [6, 6.07) is 10.6. The van der Waals surface area contributed by atoms with E-state index in [4.69, 9.17) is 4.99 Å². The number of fused-ring (bicyclic) bond motifs is 1. The van der Waals surface area contributed by atoms with Crippen molar-refractivity contribution in [3.63, 3.8) is 0 Å². The third kappa shape index (κ3) is 5.51. The van der Waals surface area contributed by atoms with Crippen molar-refractivity contribution in [1.29, 1.82) is 0 Å². The number of hydrogen-bond acceptors (Lipinski definition) is 4. The fourth-order valence-corrected chi connectivity index (χ4v) is 3.35. The maximum Gasteiger partial charge on any atom is 0.191 e. The second kappa shape index (κ2) is 10.2. The van der Waals surface area contributed by atoms with Crippen LogP contribution in [0.1, 0.15) is 23.8 Å². The Bertz CT molecular complexity index is 879. The molecule has 1 aromatic carbocycles. The van der Waals surface area contributed by atoms with Gasteiger partial charge in [-0.15, -0.1) is 10.2 Å². The van der Waals surface area contributed by atoms with Gasteiger partial charge >= 0.3 is 0 Å². The molecule has 0 aliphatic rings. The van der Waals surface area contributed by atoms with E-state index in [1.165, 1.54) is 16.6 Å². The van der Waals surface area contributed by atoms with E-state index < -0.39 is 0 Å². The molecule has 8 heteroatoms. The highest BCUT2D eigenvalue weighted by Crippen LogP contribution is 2.14. The zero-order valence-electron chi connectivity index (χ0n) is 16.8. The summed E-state index contributed by atoms with van der Waals surface area (Å²) >= 11 is 1.86. The first kappa shape index (κ1) is 20.3. The van der Waals surface area contributed by atoms with Crippen molar-refractivity contribution < 1.29 is 0 Å². The topological polar surface area (TPSA) is 82.9 Å². The molecule has 2 aromatic heterocycles. The molecule has 28 heavy (non-hydrogen) atoms. The minimum atomic E-state index is 0.502. The number of nitrogens with one attached hydrogen (secondary N) is 3. The van der Waals surface area contributed by atoms with E-state index in [1.807, 2.05) is 30.3 Å². The van der Waals surface area contributed by atoms with Crippen LogP contribution in [0, 0.1) is 6.92 Å². The van der Waals surface area contributed by atoms with Crippen LogP contribution >= 0.6 is 11.8 Å². The predicted octanol–water partition coefficient (Wildman–Crippen LogP) is 2.64. The Balaban J connectivity index is 1.57. The van der Waals surface area contributed by atoms with Crippen molar-refractivity contribution in [1.82, 2.24) is 30.4 Å². The zero-order chi connectivity index (χ0) is 19.8. The van der Waals surface area contributed by atoms with Gasteiger partial charge in [0.15, 0.2) is 11.8 Å². The van der Waals surface area contributed by atoms with Crippen molar-refractivity contribution in [2.45, 2.75) is 26.3 Å². The molecule has 0 radical (unpaired) electrons. The Hall–Kier alpha value is -2.48. The van der Waals surface area contributed by atoms with Gasteiger partial charge in [-0.05, 0) is 42.9 Å². The molecule has 0 aliphatic heterocycles. The molecule has 0 aliphatic carbocycles. The number of para-hydroxylation sites is 1. The molecule has 7 nitrogen and oxygen atoms in total. The number of guanidine groups is 1. The van der Waals surface area contributed by atoms with Crippen LogP contribution in [-0.4, -0.2) is 50.8 Å². The molecular weight excluding hydrogens is 370 g/mol. The number of nitrogens with zero attached hydrogens (tertiary/aromatic N) is 4. The van der Waals surface area contributed by atoms with Crippen molar-refractivity contribution in [3.8, 4) is 0 Å². The molecule has 0 fully saturated rings. The Morgan fingerprint density at radius 1 is 1.21 bits per heavy atom. The van der Waals surface area contributed by atoms with Crippen LogP contribution in [-0.2, 0) is 20.0 Å². The number of aromatic nitrogens is 4. The number of benzene rings is 1. The van der Waals surface area contributed by atoms with Crippen molar-refractivity contribution in [2.75, 3.05) is 25.1 Å². The summed E-state index contributed by atoms with van der Waals surface area (Å²) in [4.78, 5) is 8.17. The second-order valence-electron chi connectivity index (χ2n) is 6.72. The van der Waals surface area contributed by atoms with Crippen molar-refractivity contribution in [2.24, 2.45) is 12.0 Å². The summed E-state index contributed by atoms with van der Waals surface area (Å²) < 4.78 is 1.97. The van der Waals surface area contributed by atoms with Gasteiger partial charge in [-0.2, -0.15) is 11.8 Å².